The molecule has 3 heterocycles. The molecule has 3 fully saturated rings. The average Bonchev–Trinajstić information content (AvgIpc) is 3.31. The monoisotopic (exact) mass is 502 g/mol. The van der Waals surface area contributed by atoms with Gasteiger partial charge < -0.3 is 19.5 Å². The van der Waals surface area contributed by atoms with Crippen molar-refractivity contribution in [2.75, 3.05) is 37.9 Å². The first-order valence-electron chi connectivity index (χ1n) is 12.4. The van der Waals surface area contributed by atoms with E-state index in [1.54, 1.807) is 6.20 Å². The predicted octanol–water partition coefficient (Wildman–Crippen LogP) is 3.32. The summed E-state index contributed by atoms with van der Waals surface area (Å²) >= 11 is 0. The molecule has 1 saturated carbocycles. The van der Waals surface area contributed by atoms with E-state index in [0.717, 1.165) is 48.7 Å². The van der Waals surface area contributed by atoms with Crippen LogP contribution in [0.2, 0.25) is 0 Å². The van der Waals surface area contributed by atoms with Crippen molar-refractivity contribution in [3.05, 3.63) is 30.5 Å². The molecule has 9 nitrogen and oxygen atoms in total. The summed E-state index contributed by atoms with van der Waals surface area (Å²) in [5.74, 6) is 2.56. The van der Waals surface area contributed by atoms with Crippen molar-refractivity contribution in [3.8, 4) is 22.8 Å². The third-order valence-electron chi connectivity index (χ3n) is 7.02. The molecule has 2 saturated heterocycles. The second-order valence-electron chi connectivity index (χ2n) is 9.96. The molecule has 2 aromatic rings. The summed E-state index contributed by atoms with van der Waals surface area (Å²) < 4.78 is 42.5. The van der Waals surface area contributed by atoms with Gasteiger partial charge in [-0.2, -0.15) is 9.29 Å². The van der Waals surface area contributed by atoms with Gasteiger partial charge in [-0.1, -0.05) is 19.1 Å². The largest absolute Gasteiger partial charge is 0.488 e. The van der Waals surface area contributed by atoms with Gasteiger partial charge in [0.2, 0.25) is 21.9 Å². The molecule has 3 aliphatic rings. The van der Waals surface area contributed by atoms with Crippen molar-refractivity contribution in [2.45, 2.75) is 57.3 Å². The van der Waals surface area contributed by atoms with Crippen LogP contribution in [0.25, 0.3) is 11.1 Å². The Bertz CT molecular complexity index is 1110. The minimum absolute atomic E-state index is 0.0904. The first kappa shape index (κ1) is 24.3. The number of nitrogens with zero attached hydrogens (tertiary/aromatic N) is 3. The Morgan fingerprint density at radius 2 is 1.77 bits per heavy atom. The fourth-order valence-corrected chi connectivity index (χ4v) is 5.60. The Labute approximate surface area is 207 Å². The maximum absolute atomic E-state index is 11.8. The van der Waals surface area contributed by atoms with Crippen LogP contribution in [0.3, 0.4) is 0 Å². The first-order chi connectivity index (χ1) is 16.8. The van der Waals surface area contributed by atoms with Crippen LogP contribution in [0.1, 0.15) is 39.0 Å². The van der Waals surface area contributed by atoms with E-state index in [1.165, 1.54) is 23.4 Å². The summed E-state index contributed by atoms with van der Waals surface area (Å²) in [6, 6.07) is 8.15. The number of anilines is 1. The van der Waals surface area contributed by atoms with Crippen molar-refractivity contribution in [2.24, 2.45) is 5.92 Å². The van der Waals surface area contributed by atoms with E-state index in [0.29, 0.717) is 37.6 Å². The highest BCUT2D eigenvalue weighted by Crippen LogP contribution is 2.33. The van der Waals surface area contributed by atoms with Gasteiger partial charge in [-0.25, -0.2) is 13.4 Å². The number of sulfonamides is 1. The fourth-order valence-electron chi connectivity index (χ4n) is 4.73. The molecule has 190 valence electrons. The third-order valence-corrected chi connectivity index (χ3v) is 8.26. The molecular weight excluding hydrogens is 468 g/mol. The lowest BCUT2D eigenvalue weighted by atomic mass is 9.87. The third kappa shape index (κ3) is 6.05. The van der Waals surface area contributed by atoms with E-state index in [2.05, 4.69) is 17.2 Å². The number of nitrogens with one attached hydrogen (secondary N) is 1. The lowest BCUT2D eigenvalue weighted by Gasteiger charge is -2.36. The standard InChI is InChI=1S/C25H34N4O5S/c1-17-3-7-19(8-4-17)27-25-26-13-23(24(28-25)34-22-14-29(15-22)35(2,30)31)18-5-9-20(10-6-18)33-21-11-12-32-16-21/h5-6,9-10,13,17,19,21-22H,3-4,7-8,11-12,14-16H2,1-2H3,(H,26,27,28)/t17-,19+,21-/m1/s1. The molecule has 1 aromatic carbocycles. The van der Waals surface area contributed by atoms with Crippen molar-refractivity contribution in [1.29, 1.82) is 0 Å². The molecule has 0 amide bonds. The highest BCUT2D eigenvalue weighted by Gasteiger charge is 2.35. The van der Waals surface area contributed by atoms with Crippen molar-refractivity contribution >= 4 is 16.0 Å². The van der Waals surface area contributed by atoms with Gasteiger partial charge in [0, 0.05) is 18.7 Å². The van der Waals surface area contributed by atoms with E-state index in [9.17, 15) is 8.42 Å². The highest BCUT2D eigenvalue weighted by atomic mass is 32.2. The number of benzene rings is 1. The highest BCUT2D eigenvalue weighted by molar-refractivity contribution is 7.88. The summed E-state index contributed by atoms with van der Waals surface area (Å²) in [4.78, 5) is 9.30. The molecule has 0 bridgehead atoms. The van der Waals surface area contributed by atoms with Crippen LogP contribution in [-0.4, -0.2) is 73.5 Å². The van der Waals surface area contributed by atoms with Crippen LogP contribution in [0.4, 0.5) is 5.95 Å². The minimum Gasteiger partial charge on any atom is -0.488 e. The quantitative estimate of drug-likeness (QED) is 0.586. The summed E-state index contributed by atoms with van der Waals surface area (Å²) in [6.07, 6.45) is 8.34. The van der Waals surface area contributed by atoms with Gasteiger partial charge in [0.15, 0.2) is 0 Å². The molecule has 35 heavy (non-hydrogen) atoms. The molecule has 0 radical (unpaired) electrons. The molecule has 1 aromatic heterocycles. The molecule has 2 aliphatic heterocycles. The second kappa shape index (κ2) is 10.3. The number of ether oxygens (including phenoxy) is 3. The van der Waals surface area contributed by atoms with Gasteiger partial charge in [0.1, 0.15) is 18.0 Å². The maximum atomic E-state index is 11.8. The number of rotatable bonds is 8. The van der Waals surface area contributed by atoms with E-state index < -0.39 is 10.0 Å². The topological polar surface area (TPSA) is 103 Å². The SMILES string of the molecule is CS(=O)(=O)N1CC(Oc2nc(N[C@H]3CC[C@@H](C)CC3)ncc2-c2ccc(O[C@@H]3CCOC3)cc2)C1. The van der Waals surface area contributed by atoms with Crippen molar-refractivity contribution in [3.63, 3.8) is 0 Å². The van der Waals surface area contributed by atoms with E-state index in [4.69, 9.17) is 19.2 Å². The number of hydrogen-bond acceptors (Lipinski definition) is 8. The van der Waals surface area contributed by atoms with E-state index in [1.807, 2.05) is 24.3 Å². The summed E-state index contributed by atoms with van der Waals surface area (Å²) in [5, 5.41) is 3.47. The molecule has 1 N–H and O–H groups in total. The fraction of sp³-hybridized carbons (Fsp3) is 0.600. The summed E-state index contributed by atoms with van der Waals surface area (Å²) in [5.41, 5.74) is 1.67. The zero-order valence-corrected chi connectivity index (χ0v) is 21.2. The Balaban J connectivity index is 1.33. The van der Waals surface area contributed by atoms with Crippen molar-refractivity contribution in [1.82, 2.24) is 14.3 Å². The number of aromatic nitrogens is 2. The Morgan fingerprint density at radius 1 is 1.03 bits per heavy atom. The normalized spacial score (nSPS) is 25.7. The number of hydrogen-bond donors (Lipinski definition) is 1. The zero-order valence-electron chi connectivity index (χ0n) is 20.4. The van der Waals surface area contributed by atoms with Gasteiger partial charge in [0.25, 0.3) is 0 Å². The Hall–Kier alpha value is -2.43. The van der Waals surface area contributed by atoms with Gasteiger partial charge in [0.05, 0.1) is 38.1 Å². The van der Waals surface area contributed by atoms with Crippen LogP contribution in [0.15, 0.2) is 30.5 Å². The Morgan fingerprint density at radius 3 is 2.43 bits per heavy atom. The molecule has 0 spiro atoms. The lowest BCUT2D eigenvalue weighted by molar-refractivity contribution is 0.0731. The summed E-state index contributed by atoms with van der Waals surface area (Å²) in [6.45, 7) is 4.29. The molecule has 1 aliphatic carbocycles. The van der Waals surface area contributed by atoms with Gasteiger partial charge in [-0.3, -0.25) is 0 Å². The molecule has 5 rings (SSSR count). The minimum atomic E-state index is -3.21. The van der Waals surface area contributed by atoms with E-state index in [-0.39, 0.29) is 12.2 Å². The molecule has 0 unspecified atom stereocenters. The van der Waals surface area contributed by atoms with Gasteiger partial charge >= 0.3 is 0 Å². The molecule has 1 atom stereocenters. The van der Waals surface area contributed by atoms with Crippen molar-refractivity contribution < 1.29 is 22.6 Å². The zero-order chi connectivity index (χ0) is 24.4. The lowest BCUT2D eigenvalue weighted by Crippen LogP contribution is -2.55. The van der Waals surface area contributed by atoms with Gasteiger partial charge in [-0.15, -0.1) is 0 Å². The maximum Gasteiger partial charge on any atom is 0.226 e. The Kier molecular flexibility index (Phi) is 7.13. The second-order valence-corrected chi connectivity index (χ2v) is 11.9. The van der Waals surface area contributed by atoms with E-state index >= 15 is 0 Å². The smallest absolute Gasteiger partial charge is 0.226 e. The van der Waals surface area contributed by atoms with Crippen LogP contribution in [0.5, 0.6) is 11.6 Å². The van der Waals surface area contributed by atoms with Crippen LogP contribution in [0, 0.1) is 5.92 Å². The summed E-state index contributed by atoms with van der Waals surface area (Å²) in [7, 11) is -3.21. The molecular formula is C25H34N4O5S. The first-order valence-corrected chi connectivity index (χ1v) is 14.3. The van der Waals surface area contributed by atoms with Gasteiger partial charge in [-0.05, 0) is 49.3 Å². The van der Waals surface area contributed by atoms with Crippen LogP contribution >= 0.6 is 0 Å². The van der Waals surface area contributed by atoms with Crippen LogP contribution < -0.4 is 14.8 Å². The predicted molar refractivity (Wildman–Crippen MR) is 133 cm³/mol. The van der Waals surface area contributed by atoms with Crippen LogP contribution in [-0.2, 0) is 14.8 Å². The average molecular weight is 503 g/mol. The molecule has 10 heteroatoms.